The number of aromatic amines is 1. The molecule has 1 aromatic heterocycles. The maximum absolute atomic E-state index is 8.55. The maximum Gasteiger partial charge on any atom is 0.0697 e. The third-order valence-corrected chi connectivity index (χ3v) is 2.87. The lowest BCUT2D eigenvalue weighted by Gasteiger charge is -2.06. The number of rotatable bonds is 8. The van der Waals surface area contributed by atoms with E-state index in [1.54, 1.807) is 0 Å². The van der Waals surface area contributed by atoms with Crippen molar-refractivity contribution >= 4 is 10.9 Å². The second kappa shape index (κ2) is 7.16. The van der Waals surface area contributed by atoms with E-state index in [2.05, 4.69) is 34.6 Å². The Bertz CT molecular complexity index is 468. The fraction of sp³-hybridized carbons (Fsp3) is 0.429. The van der Waals surface area contributed by atoms with Crippen molar-refractivity contribution in [1.29, 1.82) is 0 Å². The molecule has 4 heteroatoms. The summed E-state index contributed by atoms with van der Waals surface area (Å²) >= 11 is 0. The number of aromatic nitrogens is 1. The van der Waals surface area contributed by atoms with Gasteiger partial charge in [0.2, 0.25) is 0 Å². The van der Waals surface area contributed by atoms with Crippen LogP contribution in [0.2, 0.25) is 0 Å². The van der Waals surface area contributed by atoms with E-state index in [-0.39, 0.29) is 6.61 Å². The van der Waals surface area contributed by atoms with Crippen LogP contribution in [0.15, 0.2) is 30.5 Å². The highest BCUT2D eigenvalue weighted by Gasteiger charge is 2.00. The molecular formula is C14H20N2O2. The molecule has 98 valence electrons. The smallest absolute Gasteiger partial charge is 0.0697 e. The van der Waals surface area contributed by atoms with Gasteiger partial charge in [0.25, 0.3) is 0 Å². The van der Waals surface area contributed by atoms with Crippen molar-refractivity contribution in [2.75, 3.05) is 26.4 Å². The fourth-order valence-electron chi connectivity index (χ4n) is 1.99. The van der Waals surface area contributed by atoms with Crippen molar-refractivity contribution in [3.05, 3.63) is 36.0 Å². The normalized spacial score (nSPS) is 11.2. The molecule has 0 spiro atoms. The third kappa shape index (κ3) is 3.57. The summed E-state index contributed by atoms with van der Waals surface area (Å²) in [5, 5.41) is 13.2. The zero-order valence-corrected chi connectivity index (χ0v) is 10.5. The molecule has 4 nitrogen and oxygen atoms in total. The fourth-order valence-corrected chi connectivity index (χ4v) is 1.99. The Kier molecular flexibility index (Phi) is 5.20. The van der Waals surface area contributed by atoms with Crippen LogP contribution >= 0.6 is 0 Å². The van der Waals surface area contributed by atoms with Gasteiger partial charge in [0.05, 0.1) is 13.2 Å². The van der Waals surface area contributed by atoms with E-state index in [1.807, 2.05) is 6.20 Å². The first-order valence-corrected chi connectivity index (χ1v) is 6.36. The molecule has 0 radical (unpaired) electrons. The predicted molar refractivity (Wildman–Crippen MR) is 72.5 cm³/mol. The molecular weight excluding hydrogens is 228 g/mol. The number of aliphatic hydroxyl groups is 1. The van der Waals surface area contributed by atoms with E-state index >= 15 is 0 Å². The Hall–Kier alpha value is -1.36. The van der Waals surface area contributed by atoms with Crippen LogP contribution in [-0.2, 0) is 11.3 Å². The van der Waals surface area contributed by atoms with Crippen LogP contribution < -0.4 is 5.32 Å². The highest BCUT2D eigenvalue weighted by atomic mass is 16.5. The molecule has 0 saturated heterocycles. The molecule has 0 aliphatic rings. The minimum atomic E-state index is 0.0995. The molecule has 1 aromatic carbocycles. The lowest BCUT2D eigenvalue weighted by atomic mass is 10.1. The first-order chi connectivity index (χ1) is 8.92. The van der Waals surface area contributed by atoms with Crippen LogP contribution in [0, 0.1) is 0 Å². The van der Waals surface area contributed by atoms with Gasteiger partial charge >= 0.3 is 0 Å². The zero-order chi connectivity index (χ0) is 12.6. The number of H-pyrrole nitrogens is 1. The lowest BCUT2D eigenvalue weighted by molar-refractivity contribution is 0.0907. The Morgan fingerprint density at radius 3 is 3.06 bits per heavy atom. The predicted octanol–water partition coefficient (Wildman–Crippen LogP) is 1.66. The standard InChI is InChI=1S/C14H20N2O2/c17-8-10-18-9-2-6-15-11-13-4-1-3-12-5-7-16-14(12)13/h1,3-5,7,15-17H,2,6,8-11H2. The number of nitrogens with one attached hydrogen (secondary N) is 2. The minimum Gasteiger partial charge on any atom is -0.394 e. The van der Waals surface area contributed by atoms with E-state index in [0.29, 0.717) is 13.2 Å². The highest BCUT2D eigenvalue weighted by Crippen LogP contribution is 2.16. The lowest BCUT2D eigenvalue weighted by Crippen LogP contribution is -2.17. The van der Waals surface area contributed by atoms with E-state index in [1.165, 1.54) is 16.5 Å². The summed E-state index contributed by atoms with van der Waals surface area (Å²) in [6.45, 7) is 3.00. The van der Waals surface area contributed by atoms with Gasteiger partial charge in [0.1, 0.15) is 0 Å². The molecule has 0 aliphatic heterocycles. The summed E-state index contributed by atoms with van der Waals surface area (Å²) in [6, 6.07) is 8.41. The first kappa shape index (κ1) is 13.1. The monoisotopic (exact) mass is 248 g/mol. The van der Waals surface area contributed by atoms with Crippen LogP contribution in [0.5, 0.6) is 0 Å². The molecule has 0 amide bonds. The van der Waals surface area contributed by atoms with Gasteiger partial charge in [-0.3, -0.25) is 0 Å². The second-order valence-corrected chi connectivity index (χ2v) is 4.23. The SMILES string of the molecule is OCCOCCCNCc1cccc2cc[nH]c12. The quantitative estimate of drug-likeness (QED) is 0.623. The number of para-hydroxylation sites is 1. The summed E-state index contributed by atoms with van der Waals surface area (Å²) < 4.78 is 5.20. The van der Waals surface area contributed by atoms with E-state index < -0.39 is 0 Å². The van der Waals surface area contributed by atoms with Gasteiger partial charge in [0, 0.05) is 24.9 Å². The number of benzene rings is 1. The molecule has 0 unspecified atom stereocenters. The van der Waals surface area contributed by atoms with Crippen LogP contribution in [0.25, 0.3) is 10.9 Å². The number of aliphatic hydroxyl groups excluding tert-OH is 1. The van der Waals surface area contributed by atoms with Gasteiger partial charge in [-0.15, -0.1) is 0 Å². The number of hydrogen-bond donors (Lipinski definition) is 3. The van der Waals surface area contributed by atoms with Crippen molar-refractivity contribution < 1.29 is 9.84 Å². The van der Waals surface area contributed by atoms with Gasteiger partial charge in [-0.05, 0) is 30.0 Å². The Balaban J connectivity index is 1.72. The highest BCUT2D eigenvalue weighted by molar-refractivity contribution is 5.82. The van der Waals surface area contributed by atoms with Gasteiger partial charge in [0.15, 0.2) is 0 Å². The van der Waals surface area contributed by atoms with Gasteiger partial charge in [-0.2, -0.15) is 0 Å². The van der Waals surface area contributed by atoms with Crippen molar-refractivity contribution in [2.45, 2.75) is 13.0 Å². The van der Waals surface area contributed by atoms with Crippen LogP contribution in [0.1, 0.15) is 12.0 Å². The maximum atomic E-state index is 8.55. The van der Waals surface area contributed by atoms with Crippen LogP contribution in [0.4, 0.5) is 0 Å². The third-order valence-electron chi connectivity index (χ3n) is 2.87. The Labute approximate surface area is 107 Å². The molecule has 0 aliphatic carbocycles. The van der Waals surface area contributed by atoms with Crippen molar-refractivity contribution in [3.8, 4) is 0 Å². The minimum absolute atomic E-state index is 0.0995. The Morgan fingerprint density at radius 2 is 2.17 bits per heavy atom. The van der Waals surface area contributed by atoms with Crippen molar-refractivity contribution in [3.63, 3.8) is 0 Å². The van der Waals surface area contributed by atoms with E-state index in [0.717, 1.165) is 19.5 Å². The van der Waals surface area contributed by atoms with E-state index in [4.69, 9.17) is 9.84 Å². The molecule has 0 fully saturated rings. The molecule has 3 N–H and O–H groups in total. The average molecular weight is 248 g/mol. The molecule has 0 bridgehead atoms. The summed E-state index contributed by atoms with van der Waals surface area (Å²) in [5.41, 5.74) is 2.50. The number of hydrogen-bond acceptors (Lipinski definition) is 3. The zero-order valence-electron chi connectivity index (χ0n) is 10.5. The van der Waals surface area contributed by atoms with E-state index in [9.17, 15) is 0 Å². The molecule has 0 saturated carbocycles. The Morgan fingerprint density at radius 1 is 1.22 bits per heavy atom. The van der Waals surface area contributed by atoms with Crippen molar-refractivity contribution in [1.82, 2.24) is 10.3 Å². The number of fused-ring (bicyclic) bond motifs is 1. The second-order valence-electron chi connectivity index (χ2n) is 4.23. The van der Waals surface area contributed by atoms with Crippen molar-refractivity contribution in [2.24, 2.45) is 0 Å². The molecule has 2 aromatic rings. The first-order valence-electron chi connectivity index (χ1n) is 6.36. The number of ether oxygens (including phenoxy) is 1. The summed E-state index contributed by atoms with van der Waals surface area (Å²) in [5.74, 6) is 0. The molecule has 18 heavy (non-hydrogen) atoms. The summed E-state index contributed by atoms with van der Waals surface area (Å²) in [6.07, 6.45) is 2.93. The van der Waals surface area contributed by atoms with Gasteiger partial charge in [-0.25, -0.2) is 0 Å². The molecule has 0 atom stereocenters. The van der Waals surface area contributed by atoms with Gasteiger partial charge < -0.3 is 20.1 Å². The van der Waals surface area contributed by atoms with Gasteiger partial charge in [-0.1, -0.05) is 18.2 Å². The average Bonchev–Trinajstić information content (AvgIpc) is 2.86. The topological polar surface area (TPSA) is 57.3 Å². The summed E-state index contributed by atoms with van der Waals surface area (Å²) in [7, 11) is 0. The molecule has 2 rings (SSSR count). The van der Waals surface area contributed by atoms with Crippen LogP contribution in [-0.4, -0.2) is 36.5 Å². The summed E-state index contributed by atoms with van der Waals surface area (Å²) in [4.78, 5) is 3.26. The van der Waals surface area contributed by atoms with Crippen LogP contribution in [0.3, 0.4) is 0 Å². The molecule has 1 heterocycles. The largest absolute Gasteiger partial charge is 0.394 e.